The molecule has 0 aromatic rings. The second-order valence-electron chi connectivity index (χ2n) is 3.95. The molecule has 3 nitrogen and oxygen atoms in total. The maximum atomic E-state index is 10.9. The van der Waals surface area contributed by atoms with Crippen molar-refractivity contribution >= 4 is 5.91 Å². The number of nitrogens with one attached hydrogen (secondary N) is 1. The van der Waals surface area contributed by atoms with Crippen LogP contribution in [0, 0.1) is 11.3 Å². The fraction of sp³-hybridized carbons (Fsp3) is 0.889. The summed E-state index contributed by atoms with van der Waals surface area (Å²) in [5.74, 6) is 0.530. The van der Waals surface area contributed by atoms with Gasteiger partial charge in [-0.2, -0.15) is 0 Å². The minimum absolute atomic E-state index is 0.0755. The van der Waals surface area contributed by atoms with Crippen molar-refractivity contribution in [3.8, 4) is 0 Å². The highest BCUT2D eigenvalue weighted by Crippen LogP contribution is 2.33. The first-order valence-corrected chi connectivity index (χ1v) is 4.48. The molecule has 70 valence electrons. The SMILES string of the molecule is CC(C)[C@@]1(CO)CCC(=O)NC1. The summed E-state index contributed by atoms with van der Waals surface area (Å²) in [6.45, 7) is 4.98. The van der Waals surface area contributed by atoms with Gasteiger partial charge in [-0.1, -0.05) is 13.8 Å². The zero-order chi connectivity index (χ0) is 9.19. The molecule has 1 aliphatic rings. The predicted octanol–water partition coefficient (Wildman–Crippen LogP) is 0.531. The molecule has 0 spiro atoms. The molecular formula is C9H17NO2. The molecule has 0 aliphatic carbocycles. The van der Waals surface area contributed by atoms with Crippen molar-refractivity contribution in [2.24, 2.45) is 11.3 Å². The Labute approximate surface area is 73.2 Å². The average Bonchev–Trinajstić information content (AvgIpc) is 2.06. The van der Waals surface area contributed by atoms with Crippen molar-refractivity contribution in [2.45, 2.75) is 26.7 Å². The first-order chi connectivity index (χ1) is 5.60. The lowest BCUT2D eigenvalue weighted by Gasteiger charge is -2.39. The van der Waals surface area contributed by atoms with Gasteiger partial charge in [0.25, 0.3) is 0 Å². The lowest BCUT2D eigenvalue weighted by Crippen LogP contribution is -2.48. The number of carbonyl (C=O) groups excluding carboxylic acids is 1. The molecule has 1 rings (SSSR count). The van der Waals surface area contributed by atoms with Gasteiger partial charge in [0.2, 0.25) is 5.91 Å². The highest BCUT2D eigenvalue weighted by atomic mass is 16.3. The van der Waals surface area contributed by atoms with Crippen LogP contribution in [0.25, 0.3) is 0 Å². The number of carbonyl (C=O) groups is 1. The second-order valence-corrected chi connectivity index (χ2v) is 3.95. The first kappa shape index (κ1) is 9.52. The standard InChI is InChI=1S/C9H17NO2/c1-7(2)9(6-11)4-3-8(12)10-5-9/h7,11H,3-6H2,1-2H3,(H,10,12)/t9-/m0/s1. The summed E-state index contributed by atoms with van der Waals surface area (Å²) in [5, 5.41) is 12.1. The Kier molecular flexibility index (Phi) is 2.73. The minimum atomic E-state index is -0.0755. The molecule has 1 heterocycles. The Bertz CT molecular complexity index is 167. The van der Waals surface area contributed by atoms with E-state index in [1.807, 2.05) is 0 Å². The number of hydrogen-bond acceptors (Lipinski definition) is 2. The zero-order valence-corrected chi connectivity index (χ0v) is 7.76. The molecule has 0 aromatic carbocycles. The topological polar surface area (TPSA) is 49.3 Å². The normalized spacial score (nSPS) is 30.5. The molecule has 0 aromatic heterocycles. The molecule has 1 amide bonds. The molecule has 3 heteroatoms. The van der Waals surface area contributed by atoms with Crippen LogP contribution in [0.15, 0.2) is 0 Å². The van der Waals surface area contributed by atoms with E-state index in [1.165, 1.54) is 0 Å². The van der Waals surface area contributed by atoms with E-state index in [0.29, 0.717) is 18.9 Å². The van der Waals surface area contributed by atoms with Gasteiger partial charge >= 0.3 is 0 Å². The highest BCUT2D eigenvalue weighted by molar-refractivity contribution is 5.76. The van der Waals surface area contributed by atoms with Crippen LogP contribution in [-0.2, 0) is 4.79 Å². The Hall–Kier alpha value is -0.570. The quantitative estimate of drug-likeness (QED) is 0.636. The van der Waals surface area contributed by atoms with Crippen LogP contribution in [0.3, 0.4) is 0 Å². The Morgan fingerprint density at radius 3 is 2.67 bits per heavy atom. The van der Waals surface area contributed by atoms with Crippen molar-refractivity contribution in [1.29, 1.82) is 0 Å². The molecule has 12 heavy (non-hydrogen) atoms. The van der Waals surface area contributed by atoms with Crippen LogP contribution in [-0.4, -0.2) is 24.2 Å². The Morgan fingerprint density at radius 1 is 1.67 bits per heavy atom. The molecule has 1 aliphatic heterocycles. The van der Waals surface area contributed by atoms with Gasteiger partial charge in [-0.15, -0.1) is 0 Å². The van der Waals surface area contributed by atoms with Gasteiger partial charge < -0.3 is 10.4 Å². The van der Waals surface area contributed by atoms with Crippen LogP contribution in [0.5, 0.6) is 0 Å². The van der Waals surface area contributed by atoms with Crippen molar-refractivity contribution in [3.63, 3.8) is 0 Å². The molecule has 2 N–H and O–H groups in total. The van der Waals surface area contributed by atoms with Gasteiger partial charge in [0, 0.05) is 18.4 Å². The molecule has 1 atom stereocenters. The number of aliphatic hydroxyl groups is 1. The lowest BCUT2D eigenvalue weighted by molar-refractivity contribution is -0.125. The van der Waals surface area contributed by atoms with Gasteiger partial charge in [-0.3, -0.25) is 4.79 Å². The van der Waals surface area contributed by atoms with E-state index >= 15 is 0 Å². The van der Waals surface area contributed by atoms with Crippen LogP contribution >= 0.6 is 0 Å². The Morgan fingerprint density at radius 2 is 2.33 bits per heavy atom. The molecule has 1 saturated heterocycles. The van der Waals surface area contributed by atoms with Crippen LogP contribution in [0.1, 0.15) is 26.7 Å². The summed E-state index contributed by atoms with van der Waals surface area (Å²) < 4.78 is 0. The fourth-order valence-corrected chi connectivity index (χ4v) is 1.62. The maximum Gasteiger partial charge on any atom is 0.220 e. The molecule has 1 fully saturated rings. The van der Waals surface area contributed by atoms with Gasteiger partial charge in [-0.05, 0) is 12.3 Å². The van der Waals surface area contributed by atoms with E-state index in [1.54, 1.807) is 0 Å². The minimum Gasteiger partial charge on any atom is -0.396 e. The van der Waals surface area contributed by atoms with Gasteiger partial charge in [0.1, 0.15) is 0 Å². The van der Waals surface area contributed by atoms with Gasteiger partial charge in [0.15, 0.2) is 0 Å². The number of piperidine rings is 1. The van der Waals surface area contributed by atoms with Crippen LogP contribution in [0.4, 0.5) is 0 Å². The predicted molar refractivity (Wildman–Crippen MR) is 46.6 cm³/mol. The molecular weight excluding hydrogens is 154 g/mol. The van der Waals surface area contributed by atoms with E-state index in [9.17, 15) is 9.90 Å². The van der Waals surface area contributed by atoms with Crippen molar-refractivity contribution < 1.29 is 9.90 Å². The zero-order valence-electron chi connectivity index (χ0n) is 7.76. The highest BCUT2D eigenvalue weighted by Gasteiger charge is 2.36. The fourth-order valence-electron chi connectivity index (χ4n) is 1.62. The van der Waals surface area contributed by atoms with E-state index in [4.69, 9.17) is 0 Å². The van der Waals surface area contributed by atoms with E-state index in [-0.39, 0.29) is 17.9 Å². The third-order valence-corrected chi connectivity index (χ3v) is 3.03. The van der Waals surface area contributed by atoms with E-state index < -0.39 is 0 Å². The molecule has 0 bridgehead atoms. The van der Waals surface area contributed by atoms with E-state index in [0.717, 1.165) is 6.42 Å². The summed E-state index contributed by atoms with van der Waals surface area (Å²) in [4.78, 5) is 10.9. The smallest absolute Gasteiger partial charge is 0.220 e. The molecule has 0 radical (unpaired) electrons. The third kappa shape index (κ3) is 1.61. The monoisotopic (exact) mass is 171 g/mol. The molecule has 0 unspecified atom stereocenters. The summed E-state index contributed by atoms with van der Waals surface area (Å²) >= 11 is 0. The summed E-state index contributed by atoms with van der Waals surface area (Å²) in [6, 6.07) is 0. The van der Waals surface area contributed by atoms with Crippen LogP contribution in [0.2, 0.25) is 0 Å². The molecule has 0 saturated carbocycles. The number of hydrogen-bond donors (Lipinski definition) is 2. The van der Waals surface area contributed by atoms with Crippen molar-refractivity contribution in [3.05, 3.63) is 0 Å². The second kappa shape index (κ2) is 3.44. The van der Waals surface area contributed by atoms with Crippen molar-refractivity contribution in [2.75, 3.05) is 13.2 Å². The van der Waals surface area contributed by atoms with Crippen molar-refractivity contribution in [1.82, 2.24) is 5.32 Å². The van der Waals surface area contributed by atoms with Crippen LogP contribution < -0.4 is 5.32 Å². The maximum absolute atomic E-state index is 10.9. The number of amides is 1. The van der Waals surface area contributed by atoms with Gasteiger partial charge in [-0.25, -0.2) is 0 Å². The summed E-state index contributed by atoms with van der Waals surface area (Å²) in [7, 11) is 0. The summed E-state index contributed by atoms with van der Waals surface area (Å²) in [5.41, 5.74) is -0.0755. The van der Waals surface area contributed by atoms with Gasteiger partial charge in [0.05, 0.1) is 6.61 Å². The number of aliphatic hydroxyl groups excluding tert-OH is 1. The summed E-state index contributed by atoms with van der Waals surface area (Å²) in [6.07, 6.45) is 1.37. The third-order valence-electron chi connectivity index (χ3n) is 3.03. The lowest BCUT2D eigenvalue weighted by atomic mass is 9.72. The number of rotatable bonds is 2. The largest absolute Gasteiger partial charge is 0.396 e. The average molecular weight is 171 g/mol. The Balaban J connectivity index is 2.63. The first-order valence-electron chi connectivity index (χ1n) is 4.48. The van der Waals surface area contributed by atoms with E-state index in [2.05, 4.69) is 19.2 Å².